The van der Waals surface area contributed by atoms with Crippen LogP contribution in [0.3, 0.4) is 0 Å². The molecule has 0 spiro atoms. The molecule has 1 saturated heterocycles. The van der Waals surface area contributed by atoms with E-state index in [1.165, 1.54) is 18.2 Å². The van der Waals surface area contributed by atoms with Gasteiger partial charge in [-0.25, -0.2) is 8.42 Å². The molecule has 1 heterocycles. The summed E-state index contributed by atoms with van der Waals surface area (Å²) in [4.78, 5) is 12.1. The summed E-state index contributed by atoms with van der Waals surface area (Å²) in [5.41, 5.74) is 6.58. The van der Waals surface area contributed by atoms with Crippen LogP contribution in [0.2, 0.25) is 0 Å². The molecule has 23 heavy (non-hydrogen) atoms. The highest BCUT2D eigenvalue weighted by Gasteiger charge is 2.25. The van der Waals surface area contributed by atoms with Gasteiger partial charge in [0, 0.05) is 12.1 Å². The van der Waals surface area contributed by atoms with Crippen LogP contribution < -0.4 is 11.1 Å². The van der Waals surface area contributed by atoms with Crippen molar-refractivity contribution in [2.24, 2.45) is 5.73 Å². The van der Waals surface area contributed by atoms with Gasteiger partial charge < -0.3 is 11.1 Å². The summed E-state index contributed by atoms with van der Waals surface area (Å²) in [6, 6.07) is 12.8. The summed E-state index contributed by atoms with van der Waals surface area (Å²) in [6.45, 7) is 1.65. The van der Waals surface area contributed by atoms with Crippen molar-refractivity contribution in [3.8, 4) is 0 Å². The maximum absolute atomic E-state index is 12.7. The number of hydrogen-bond acceptors (Lipinski definition) is 4. The Morgan fingerprint density at radius 2 is 1.83 bits per heavy atom. The van der Waals surface area contributed by atoms with E-state index in [4.69, 9.17) is 5.73 Å². The molecule has 0 aliphatic carbocycles. The molecule has 3 rings (SSSR count). The fourth-order valence-electron chi connectivity index (χ4n) is 2.93. The molecule has 1 aliphatic heterocycles. The normalized spacial score (nSPS) is 18.0. The smallest absolute Gasteiger partial charge is 0.249 e. The van der Waals surface area contributed by atoms with Gasteiger partial charge >= 0.3 is 0 Å². The maximum Gasteiger partial charge on any atom is 0.249 e. The van der Waals surface area contributed by atoms with Crippen molar-refractivity contribution in [2.45, 2.75) is 22.1 Å². The Hall–Kier alpha value is -2.18. The van der Waals surface area contributed by atoms with Crippen molar-refractivity contribution in [1.29, 1.82) is 0 Å². The maximum atomic E-state index is 12.7. The molecule has 2 aromatic carbocycles. The number of carbonyl (C=O) groups excluding carboxylic acids is 1. The van der Waals surface area contributed by atoms with Gasteiger partial charge in [0.25, 0.3) is 0 Å². The van der Waals surface area contributed by atoms with Gasteiger partial charge in [-0.3, -0.25) is 4.79 Å². The Morgan fingerprint density at radius 1 is 1.09 bits per heavy atom. The zero-order valence-electron chi connectivity index (χ0n) is 12.5. The second kappa shape index (κ2) is 6.14. The highest BCUT2D eigenvalue weighted by atomic mass is 32.2. The zero-order valence-corrected chi connectivity index (χ0v) is 13.3. The van der Waals surface area contributed by atoms with Gasteiger partial charge in [-0.1, -0.05) is 24.3 Å². The fourth-order valence-corrected chi connectivity index (χ4v) is 4.24. The van der Waals surface area contributed by atoms with E-state index in [2.05, 4.69) is 5.32 Å². The lowest BCUT2D eigenvalue weighted by Gasteiger charge is -2.14. The average molecular weight is 330 g/mol. The number of rotatable bonds is 4. The lowest BCUT2D eigenvalue weighted by Crippen LogP contribution is -2.18. The topological polar surface area (TPSA) is 89.3 Å². The minimum Gasteiger partial charge on any atom is -0.366 e. The minimum atomic E-state index is -3.66. The predicted molar refractivity (Wildman–Crippen MR) is 87.1 cm³/mol. The van der Waals surface area contributed by atoms with Gasteiger partial charge in [0.05, 0.1) is 9.79 Å². The van der Waals surface area contributed by atoms with E-state index in [9.17, 15) is 13.2 Å². The zero-order chi connectivity index (χ0) is 16.4. The molecule has 2 aromatic rings. The van der Waals surface area contributed by atoms with E-state index >= 15 is 0 Å². The van der Waals surface area contributed by atoms with Gasteiger partial charge in [-0.15, -0.1) is 0 Å². The van der Waals surface area contributed by atoms with Gasteiger partial charge in [0.2, 0.25) is 15.7 Å². The number of nitrogens with one attached hydrogen (secondary N) is 1. The van der Waals surface area contributed by atoms with Crippen molar-refractivity contribution in [3.05, 3.63) is 59.7 Å². The van der Waals surface area contributed by atoms with E-state index in [1.807, 2.05) is 0 Å². The molecule has 0 radical (unpaired) electrons. The van der Waals surface area contributed by atoms with Crippen molar-refractivity contribution in [1.82, 2.24) is 5.32 Å². The van der Waals surface area contributed by atoms with Crippen LogP contribution in [-0.4, -0.2) is 27.4 Å². The summed E-state index contributed by atoms with van der Waals surface area (Å²) in [6.07, 6.45) is 0.908. The SMILES string of the molecule is NC(=O)c1cc(S(=O)(=O)c2ccccc2)ccc1[C@@H]1CCNC1. The Kier molecular flexibility index (Phi) is 4.19. The quantitative estimate of drug-likeness (QED) is 0.893. The number of amides is 1. The summed E-state index contributed by atoms with van der Waals surface area (Å²) in [5.74, 6) is -0.414. The molecule has 0 unspecified atom stereocenters. The van der Waals surface area contributed by atoms with E-state index in [0.29, 0.717) is 0 Å². The van der Waals surface area contributed by atoms with Crippen molar-refractivity contribution in [3.63, 3.8) is 0 Å². The van der Waals surface area contributed by atoms with Crippen LogP contribution in [0.4, 0.5) is 0 Å². The monoisotopic (exact) mass is 330 g/mol. The third kappa shape index (κ3) is 3.00. The van der Waals surface area contributed by atoms with Gasteiger partial charge in [0.1, 0.15) is 0 Å². The Labute approximate surface area is 135 Å². The summed E-state index contributed by atoms with van der Waals surface area (Å²) in [5, 5.41) is 3.24. The minimum absolute atomic E-state index is 0.0900. The molecule has 3 N–H and O–H groups in total. The molecule has 1 fully saturated rings. The first-order valence-corrected chi connectivity index (χ1v) is 8.93. The number of primary amides is 1. The molecule has 0 aromatic heterocycles. The summed E-state index contributed by atoms with van der Waals surface area (Å²) in [7, 11) is -3.66. The largest absolute Gasteiger partial charge is 0.366 e. The molecule has 1 aliphatic rings. The fraction of sp³-hybridized carbons (Fsp3) is 0.235. The van der Waals surface area contributed by atoms with Crippen LogP contribution >= 0.6 is 0 Å². The summed E-state index contributed by atoms with van der Waals surface area (Å²) < 4.78 is 25.4. The third-order valence-electron chi connectivity index (χ3n) is 4.15. The number of hydrogen-bond donors (Lipinski definition) is 2. The van der Waals surface area contributed by atoms with Gasteiger partial charge in [-0.05, 0) is 48.7 Å². The first kappa shape index (κ1) is 15.7. The second-order valence-electron chi connectivity index (χ2n) is 5.62. The second-order valence-corrected chi connectivity index (χ2v) is 7.57. The highest BCUT2D eigenvalue weighted by molar-refractivity contribution is 7.91. The van der Waals surface area contributed by atoms with E-state index in [1.54, 1.807) is 30.3 Å². The molecule has 1 atom stereocenters. The van der Waals surface area contributed by atoms with E-state index < -0.39 is 15.7 Å². The molecular weight excluding hydrogens is 312 g/mol. The van der Waals surface area contributed by atoms with Gasteiger partial charge in [-0.2, -0.15) is 0 Å². The highest BCUT2D eigenvalue weighted by Crippen LogP contribution is 2.29. The predicted octanol–water partition coefficient (Wildman–Crippen LogP) is 1.70. The molecule has 5 nitrogen and oxygen atoms in total. The Balaban J connectivity index is 2.08. The molecule has 120 valence electrons. The van der Waals surface area contributed by atoms with Gasteiger partial charge in [0.15, 0.2) is 0 Å². The molecule has 1 amide bonds. The third-order valence-corrected chi connectivity index (χ3v) is 5.92. The average Bonchev–Trinajstić information content (AvgIpc) is 3.09. The first-order chi connectivity index (χ1) is 11.0. The Bertz CT molecular complexity index is 826. The standard InChI is InChI=1S/C17H18N2O3S/c18-17(20)16-10-14(6-7-15(16)12-8-9-19-11-12)23(21,22)13-4-2-1-3-5-13/h1-7,10,12,19H,8-9,11H2,(H2,18,20)/t12-/m1/s1. The first-order valence-electron chi connectivity index (χ1n) is 7.45. The lowest BCUT2D eigenvalue weighted by atomic mass is 9.93. The molecule has 6 heteroatoms. The number of sulfone groups is 1. The number of carbonyl (C=O) groups is 1. The van der Waals surface area contributed by atoms with E-state index in [0.717, 1.165) is 25.1 Å². The molecule has 0 saturated carbocycles. The Morgan fingerprint density at radius 3 is 2.43 bits per heavy atom. The number of benzene rings is 2. The van der Waals surface area contributed by atoms with Crippen molar-refractivity contribution < 1.29 is 13.2 Å². The van der Waals surface area contributed by atoms with Crippen LogP contribution in [0.1, 0.15) is 28.3 Å². The van der Waals surface area contributed by atoms with Crippen LogP contribution in [0.15, 0.2) is 58.3 Å². The van der Waals surface area contributed by atoms with Crippen molar-refractivity contribution >= 4 is 15.7 Å². The number of nitrogens with two attached hydrogens (primary N) is 1. The lowest BCUT2D eigenvalue weighted by molar-refractivity contribution is 0.0999. The molecule has 0 bridgehead atoms. The van der Waals surface area contributed by atoms with E-state index in [-0.39, 0.29) is 21.3 Å². The van der Waals surface area contributed by atoms with Crippen molar-refractivity contribution in [2.75, 3.05) is 13.1 Å². The van der Waals surface area contributed by atoms with Crippen LogP contribution in [0, 0.1) is 0 Å². The molecular formula is C17H18N2O3S. The summed E-state index contributed by atoms with van der Waals surface area (Å²) >= 11 is 0. The van der Waals surface area contributed by atoms with Crippen LogP contribution in [0.5, 0.6) is 0 Å². The van der Waals surface area contributed by atoms with Crippen LogP contribution in [0.25, 0.3) is 0 Å². The van der Waals surface area contributed by atoms with Crippen LogP contribution in [-0.2, 0) is 9.84 Å².